The third-order valence-corrected chi connectivity index (χ3v) is 2.96. The Labute approximate surface area is 112 Å². The van der Waals surface area contributed by atoms with Gasteiger partial charge in [-0.3, -0.25) is 0 Å². The van der Waals surface area contributed by atoms with E-state index in [1.165, 1.54) is 13.4 Å². The maximum atomic E-state index is 11.7. The van der Waals surface area contributed by atoms with E-state index in [9.17, 15) is 9.59 Å². The highest BCUT2D eigenvalue weighted by Gasteiger charge is 2.26. The topological polar surface area (TPSA) is 80.6 Å². The van der Waals surface area contributed by atoms with Gasteiger partial charge < -0.3 is 19.8 Å². The van der Waals surface area contributed by atoms with Crippen molar-refractivity contribution >= 4 is 12.0 Å². The molecular formula is C13H20N2O4. The van der Waals surface area contributed by atoms with Crippen LogP contribution in [0.15, 0.2) is 22.8 Å². The number of rotatable bonds is 6. The first-order chi connectivity index (χ1) is 9.08. The van der Waals surface area contributed by atoms with Crippen LogP contribution in [0.3, 0.4) is 0 Å². The molecule has 6 heteroatoms. The Bertz CT molecular complexity index is 403. The molecule has 0 fully saturated rings. The van der Waals surface area contributed by atoms with Crippen molar-refractivity contribution in [1.82, 2.24) is 10.6 Å². The second-order valence-corrected chi connectivity index (χ2v) is 4.29. The summed E-state index contributed by atoms with van der Waals surface area (Å²) in [4.78, 5) is 23.3. The van der Waals surface area contributed by atoms with Gasteiger partial charge in [-0.25, -0.2) is 9.59 Å². The lowest BCUT2D eigenvalue weighted by molar-refractivity contribution is -0.144. The van der Waals surface area contributed by atoms with Crippen molar-refractivity contribution in [3.05, 3.63) is 24.2 Å². The molecule has 0 aliphatic heterocycles. The van der Waals surface area contributed by atoms with Crippen LogP contribution < -0.4 is 10.6 Å². The van der Waals surface area contributed by atoms with Gasteiger partial charge in [0.1, 0.15) is 11.8 Å². The molecule has 0 saturated heterocycles. The molecule has 1 heterocycles. The number of hydrogen-bond donors (Lipinski definition) is 2. The number of carbonyl (C=O) groups is 2. The van der Waals surface area contributed by atoms with Gasteiger partial charge in [-0.15, -0.1) is 0 Å². The van der Waals surface area contributed by atoms with Crippen LogP contribution >= 0.6 is 0 Å². The number of nitrogens with one attached hydrogen (secondary N) is 2. The van der Waals surface area contributed by atoms with E-state index in [-0.39, 0.29) is 12.5 Å². The molecule has 0 radical (unpaired) electrons. The first kappa shape index (κ1) is 15.1. The molecule has 0 aliphatic rings. The largest absolute Gasteiger partial charge is 0.467 e. The molecule has 0 unspecified atom stereocenters. The van der Waals surface area contributed by atoms with Gasteiger partial charge in [0.25, 0.3) is 0 Å². The van der Waals surface area contributed by atoms with Gasteiger partial charge in [0.05, 0.1) is 19.9 Å². The molecule has 2 N–H and O–H groups in total. The third-order valence-electron chi connectivity index (χ3n) is 2.96. The molecule has 1 rings (SSSR count). The summed E-state index contributed by atoms with van der Waals surface area (Å²) in [5.74, 6) is 0.206. The van der Waals surface area contributed by atoms with E-state index >= 15 is 0 Å². The van der Waals surface area contributed by atoms with Gasteiger partial charge in [0.2, 0.25) is 0 Å². The molecule has 0 aliphatic carbocycles. The molecule has 0 spiro atoms. The van der Waals surface area contributed by atoms with Gasteiger partial charge >= 0.3 is 12.0 Å². The second-order valence-electron chi connectivity index (χ2n) is 4.29. The zero-order valence-electron chi connectivity index (χ0n) is 11.4. The fourth-order valence-electron chi connectivity index (χ4n) is 1.57. The highest BCUT2D eigenvalue weighted by Crippen LogP contribution is 2.09. The Morgan fingerprint density at radius 3 is 2.74 bits per heavy atom. The van der Waals surface area contributed by atoms with Crippen LogP contribution in [0.5, 0.6) is 0 Å². The van der Waals surface area contributed by atoms with Crippen LogP contribution in [0.4, 0.5) is 4.79 Å². The van der Waals surface area contributed by atoms with E-state index in [1.54, 1.807) is 12.1 Å². The van der Waals surface area contributed by atoms with Gasteiger partial charge in [-0.2, -0.15) is 0 Å². The summed E-state index contributed by atoms with van der Waals surface area (Å²) in [6.45, 7) is 4.10. The molecular weight excluding hydrogens is 248 g/mol. The van der Waals surface area contributed by atoms with Crippen molar-refractivity contribution in [2.45, 2.75) is 32.9 Å². The monoisotopic (exact) mass is 268 g/mol. The van der Waals surface area contributed by atoms with Crippen LogP contribution in [0.1, 0.15) is 26.0 Å². The minimum atomic E-state index is -0.647. The van der Waals surface area contributed by atoms with Gasteiger partial charge in [-0.05, 0) is 18.1 Å². The summed E-state index contributed by atoms with van der Waals surface area (Å²) in [6, 6.07) is 2.43. The second kappa shape index (κ2) is 7.45. The minimum absolute atomic E-state index is 0.00168. The van der Waals surface area contributed by atoms with Gasteiger partial charge in [0.15, 0.2) is 0 Å². The van der Waals surface area contributed by atoms with Gasteiger partial charge in [0, 0.05) is 0 Å². The van der Waals surface area contributed by atoms with Crippen molar-refractivity contribution in [1.29, 1.82) is 0 Å². The summed E-state index contributed by atoms with van der Waals surface area (Å²) in [6.07, 6.45) is 2.30. The third kappa shape index (κ3) is 4.65. The van der Waals surface area contributed by atoms with E-state index < -0.39 is 18.0 Å². The quantitative estimate of drug-likeness (QED) is 0.769. The maximum absolute atomic E-state index is 11.7. The predicted octanol–water partition coefficient (Wildman–Crippen LogP) is 1.67. The molecule has 106 valence electrons. The Morgan fingerprint density at radius 1 is 1.47 bits per heavy atom. The summed E-state index contributed by atoms with van der Waals surface area (Å²) in [5.41, 5.74) is 0. The lowest BCUT2D eigenvalue weighted by atomic mass is 9.99. The average molecular weight is 268 g/mol. The van der Waals surface area contributed by atoms with E-state index in [4.69, 9.17) is 4.42 Å². The standard InChI is InChI=1S/C13H20N2O4/c1-4-9(2)11(12(16)18-3)15-13(17)14-8-10-6-5-7-19-10/h5-7,9,11H,4,8H2,1-3H3,(H2,14,15,17)/t9-,11-/m0/s1. The number of urea groups is 1. The number of furan rings is 1. The zero-order chi connectivity index (χ0) is 14.3. The summed E-state index contributed by atoms with van der Waals surface area (Å²) in [5, 5.41) is 5.24. The van der Waals surface area contributed by atoms with Crippen LogP contribution in [0.2, 0.25) is 0 Å². The van der Waals surface area contributed by atoms with Crippen LogP contribution in [0.25, 0.3) is 0 Å². The van der Waals surface area contributed by atoms with Gasteiger partial charge in [-0.1, -0.05) is 20.3 Å². The van der Waals surface area contributed by atoms with Crippen molar-refractivity contribution in [3.8, 4) is 0 Å². The molecule has 0 bridgehead atoms. The molecule has 19 heavy (non-hydrogen) atoms. The average Bonchev–Trinajstić information content (AvgIpc) is 2.94. The fourth-order valence-corrected chi connectivity index (χ4v) is 1.57. The summed E-state index contributed by atoms with van der Waals surface area (Å²) < 4.78 is 9.78. The normalized spacial score (nSPS) is 13.4. The molecule has 1 aromatic rings. The SMILES string of the molecule is CC[C@H](C)[C@H](NC(=O)NCc1ccco1)C(=O)OC. The van der Waals surface area contributed by atoms with Crippen molar-refractivity contribution < 1.29 is 18.7 Å². The number of methoxy groups -OCH3 is 1. The highest BCUT2D eigenvalue weighted by molar-refractivity contribution is 5.83. The molecule has 2 amide bonds. The molecule has 0 saturated carbocycles. The van der Waals surface area contributed by atoms with Crippen molar-refractivity contribution in [3.63, 3.8) is 0 Å². The molecule has 6 nitrogen and oxygen atoms in total. The van der Waals surface area contributed by atoms with E-state index in [2.05, 4.69) is 15.4 Å². The number of carbonyl (C=O) groups excluding carboxylic acids is 2. The predicted molar refractivity (Wildman–Crippen MR) is 69.3 cm³/mol. The molecule has 0 aromatic carbocycles. The Morgan fingerprint density at radius 2 is 2.21 bits per heavy atom. The molecule has 1 aromatic heterocycles. The number of ether oxygens (including phenoxy) is 1. The maximum Gasteiger partial charge on any atom is 0.328 e. The lowest BCUT2D eigenvalue weighted by Crippen LogP contribution is -2.49. The Hall–Kier alpha value is -1.98. The number of esters is 1. The Balaban J connectivity index is 2.48. The van der Waals surface area contributed by atoms with Crippen molar-refractivity contribution in [2.75, 3.05) is 7.11 Å². The van der Waals surface area contributed by atoms with E-state index in [1.807, 2.05) is 13.8 Å². The number of hydrogen-bond acceptors (Lipinski definition) is 4. The first-order valence-corrected chi connectivity index (χ1v) is 6.23. The summed E-state index contributed by atoms with van der Waals surface area (Å²) >= 11 is 0. The highest BCUT2D eigenvalue weighted by atomic mass is 16.5. The Kier molecular flexibility index (Phi) is 5.92. The minimum Gasteiger partial charge on any atom is -0.467 e. The lowest BCUT2D eigenvalue weighted by Gasteiger charge is -2.21. The fraction of sp³-hybridized carbons (Fsp3) is 0.538. The number of amides is 2. The summed E-state index contributed by atoms with van der Waals surface area (Å²) in [7, 11) is 1.31. The van der Waals surface area contributed by atoms with Crippen LogP contribution in [0, 0.1) is 5.92 Å². The zero-order valence-corrected chi connectivity index (χ0v) is 11.4. The van der Waals surface area contributed by atoms with Crippen LogP contribution in [-0.2, 0) is 16.1 Å². The first-order valence-electron chi connectivity index (χ1n) is 6.23. The van der Waals surface area contributed by atoms with Crippen molar-refractivity contribution in [2.24, 2.45) is 5.92 Å². The van der Waals surface area contributed by atoms with E-state index in [0.29, 0.717) is 5.76 Å². The van der Waals surface area contributed by atoms with Crippen LogP contribution in [-0.4, -0.2) is 25.2 Å². The molecule has 2 atom stereocenters. The van der Waals surface area contributed by atoms with E-state index in [0.717, 1.165) is 6.42 Å². The smallest absolute Gasteiger partial charge is 0.328 e.